The summed E-state index contributed by atoms with van der Waals surface area (Å²) < 4.78 is 5.78. The minimum Gasteiger partial charge on any atom is -0.493 e. The number of carbonyl (C=O) groups is 1. The number of para-hydroxylation sites is 1. The molecule has 0 bridgehead atoms. The molecule has 0 atom stereocenters. The van der Waals surface area contributed by atoms with Crippen LogP contribution in [-0.2, 0) is 6.42 Å². The fraction of sp³-hybridized carbons (Fsp3) is 0.0909. The second-order valence-corrected chi connectivity index (χ2v) is 6.70. The molecule has 0 aliphatic rings. The number of amides is 1. The lowest BCUT2D eigenvalue weighted by Gasteiger charge is -2.12. The number of ether oxygens (including phenoxy) is 1. The first-order valence-electron chi connectivity index (χ1n) is 9.15. The van der Waals surface area contributed by atoms with Gasteiger partial charge in [0.25, 0.3) is 11.6 Å². The van der Waals surface area contributed by atoms with Crippen molar-refractivity contribution in [3.05, 3.63) is 100 Å². The molecule has 0 heterocycles. The lowest BCUT2D eigenvalue weighted by Crippen LogP contribution is -2.34. The van der Waals surface area contributed by atoms with Gasteiger partial charge in [-0.15, -0.1) is 0 Å². The molecule has 152 valence electrons. The molecule has 0 aromatic heterocycles. The number of anilines is 1. The van der Waals surface area contributed by atoms with E-state index in [0.717, 1.165) is 6.42 Å². The van der Waals surface area contributed by atoms with Crippen LogP contribution in [0.15, 0.2) is 78.9 Å². The molecule has 0 radical (unpaired) electrons. The fourth-order valence-electron chi connectivity index (χ4n) is 2.75. The maximum Gasteiger partial charge on any atom is 0.282 e. The number of rotatable bonds is 7. The summed E-state index contributed by atoms with van der Waals surface area (Å²) in [5.74, 6) is -0.00109. The third kappa shape index (κ3) is 5.86. The minimum atomic E-state index is -0.657. The van der Waals surface area contributed by atoms with E-state index in [9.17, 15) is 14.9 Å². The molecule has 0 saturated heterocycles. The molecule has 0 saturated carbocycles. The topological polar surface area (TPSA) is 93.5 Å². The minimum absolute atomic E-state index is 0.0274. The molecular weight excluding hydrogens is 402 g/mol. The number of nitrogens with one attached hydrogen (secondary N) is 2. The molecule has 1 amide bonds. The molecule has 7 nitrogen and oxygen atoms in total. The van der Waals surface area contributed by atoms with Crippen molar-refractivity contribution in [3.8, 4) is 5.75 Å². The fourth-order valence-corrected chi connectivity index (χ4v) is 2.96. The van der Waals surface area contributed by atoms with E-state index in [1.54, 1.807) is 24.3 Å². The summed E-state index contributed by atoms with van der Waals surface area (Å²) in [5, 5.41) is 16.5. The summed E-state index contributed by atoms with van der Waals surface area (Å²) in [7, 11) is 0. The van der Waals surface area contributed by atoms with Crippen LogP contribution < -0.4 is 15.4 Å². The monoisotopic (exact) mass is 421 g/mol. The zero-order valence-corrected chi connectivity index (χ0v) is 16.7. The van der Waals surface area contributed by atoms with Gasteiger partial charge in [-0.05, 0) is 36.0 Å². The third-order valence-corrected chi connectivity index (χ3v) is 4.37. The molecule has 0 spiro atoms. The second kappa shape index (κ2) is 10.1. The third-order valence-electron chi connectivity index (χ3n) is 4.17. The first-order valence-corrected chi connectivity index (χ1v) is 9.56. The molecule has 0 unspecified atom stereocenters. The van der Waals surface area contributed by atoms with Gasteiger partial charge in [-0.1, -0.05) is 48.5 Å². The molecule has 0 aliphatic carbocycles. The van der Waals surface area contributed by atoms with E-state index in [1.165, 1.54) is 23.8 Å². The first kappa shape index (κ1) is 20.9. The standard InChI is InChI=1S/C22H19N3O4S/c26-21(19-11-4-5-12-20(19)25(27)28)24-22(30)23-17-9-6-10-18(15-17)29-14-13-16-7-2-1-3-8-16/h1-12,15H,13-14H2,(H2,23,24,26,30). The molecule has 3 aromatic carbocycles. The average Bonchev–Trinajstić information content (AvgIpc) is 2.74. The molecular formula is C22H19N3O4S. The number of carbonyl (C=O) groups excluding carboxylic acids is 1. The molecule has 30 heavy (non-hydrogen) atoms. The number of benzene rings is 3. The van der Waals surface area contributed by atoms with Gasteiger partial charge >= 0.3 is 0 Å². The quantitative estimate of drug-likeness (QED) is 0.335. The highest BCUT2D eigenvalue weighted by Crippen LogP contribution is 2.19. The van der Waals surface area contributed by atoms with E-state index in [-0.39, 0.29) is 16.4 Å². The Hall–Kier alpha value is -3.78. The van der Waals surface area contributed by atoms with Crippen molar-refractivity contribution >= 4 is 34.6 Å². The number of nitro groups is 1. The average molecular weight is 421 g/mol. The highest BCUT2D eigenvalue weighted by molar-refractivity contribution is 7.80. The van der Waals surface area contributed by atoms with Gasteiger partial charge in [0.2, 0.25) is 0 Å². The molecule has 8 heteroatoms. The van der Waals surface area contributed by atoms with Crippen LogP contribution in [-0.4, -0.2) is 22.5 Å². The number of nitro benzene ring substituents is 1. The van der Waals surface area contributed by atoms with Crippen LogP contribution >= 0.6 is 12.2 Å². The van der Waals surface area contributed by atoms with Crippen molar-refractivity contribution in [3.63, 3.8) is 0 Å². The summed E-state index contributed by atoms with van der Waals surface area (Å²) >= 11 is 5.16. The Morgan fingerprint density at radius 2 is 1.73 bits per heavy atom. The predicted molar refractivity (Wildman–Crippen MR) is 119 cm³/mol. The van der Waals surface area contributed by atoms with Gasteiger partial charge in [0.15, 0.2) is 5.11 Å². The molecule has 3 rings (SSSR count). The summed E-state index contributed by atoms with van der Waals surface area (Å²) in [5.41, 5.74) is 1.46. The Labute approximate surface area is 178 Å². The van der Waals surface area contributed by atoms with Crippen molar-refractivity contribution in [2.45, 2.75) is 6.42 Å². The van der Waals surface area contributed by atoms with Gasteiger partial charge in [0.1, 0.15) is 11.3 Å². The number of thiocarbonyl (C=S) groups is 1. The van der Waals surface area contributed by atoms with Crippen LogP contribution in [0.4, 0.5) is 11.4 Å². The van der Waals surface area contributed by atoms with Crippen LogP contribution in [0.25, 0.3) is 0 Å². The Morgan fingerprint density at radius 1 is 1.00 bits per heavy atom. The highest BCUT2D eigenvalue weighted by atomic mass is 32.1. The van der Waals surface area contributed by atoms with E-state index in [1.807, 2.05) is 36.4 Å². The maximum absolute atomic E-state index is 12.3. The normalized spacial score (nSPS) is 10.1. The van der Waals surface area contributed by atoms with Gasteiger partial charge in [-0.3, -0.25) is 20.2 Å². The van der Waals surface area contributed by atoms with Gasteiger partial charge < -0.3 is 10.1 Å². The smallest absolute Gasteiger partial charge is 0.282 e. The summed E-state index contributed by atoms with van der Waals surface area (Å²) in [6, 6.07) is 22.9. The van der Waals surface area contributed by atoms with Crippen LogP contribution in [0.1, 0.15) is 15.9 Å². The highest BCUT2D eigenvalue weighted by Gasteiger charge is 2.19. The van der Waals surface area contributed by atoms with E-state index >= 15 is 0 Å². The Morgan fingerprint density at radius 3 is 2.50 bits per heavy atom. The van der Waals surface area contributed by atoms with E-state index in [0.29, 0.717) is 18.0 Å². The van der Waals surface area contributed by atoms with E-state index in [2.05, 4.69) is 10.6 Å². The zero-order chi connectivity index (χ0) is 21.3. The van der Waals surface area contributed by atoms with Crippen LogP contribution in [0.2, 0.25) is 0 Å². The number of hydrogen-bond donors (Lipinski definition) is 2. The van der Waals surface area contributed by atoms with Crippen LogP contribution in [0.3, 0.4) is 0 Å². The van der Waals surface area contributed by atoms with Crippen molar-refractivity contribution in [2.24, 2.45) is 0 Å². The Balaban J connectivity index is 1.56. The molecule has 3 aromatic rings. The van der Waals surface area contributed by atoms with Gasteiger partial charge in [0.05, 0.1) is 11.5 Å². The summed E-state index contributed by atoms with van der Waals surface area (Å²) in [6.07, 6.45) is 0.781. The SMILES string of the molecule is O=C(NC(=S)Nc1cccc(OCCc2ccccc2)c1)c1ccccc1[N+](=O)[O-]. The zero-order valence-electron chi connectivity index (χ0n) is 15.9. The molecule has 2 N–H and O–H groups in total. The maximum atomic E-state index is 12.3. The van der Waals surface area contributed by atoms with Gasteiger partial charge in [0, 0.05) is 24.2 Å². The summed E-state index contributed by atoms with van der Waals surface area (Å²) in [4.78, 5) is 22.8. The second-order valence-electron chi connectivity index (χ2n) is 6.29. The van der Waals surface area contributed by atoms with Crippen molar-refractivity contribution < 1.29 is 14.5 Å². The Bertz CT molecular complexity index is 1060. The van der Waals surface area contributed by atoms with Crippen molar-refractivity contribution in [1.82, 2.24) is 5.32 Å². The van der Waals surface area contributed by atoms with Gasteiger partial charge in [-0.2, -0.15) is 0 Å². The van der Waals surface area contributed by atoms with Crippen LogP contribution in [0, 0.1) is 10.1 Å². The lowest BCUT2D eigenvalue weighted by atomic mass is 10.1. The van der Waals surface area contributed by atoms with Gasteiger partial charge in [-0.25, -0.2) is 0 Å². The predicted octanol–water partition coefficient (Wildman–Crippen LogP) is 4.34. The molecule has 0 fully saturated rings. The van der Waals surface area contributed by atoms with Crippen LogP contribution in [0.5, 0.6) is 5.75 Å². The largest absolute Gasteiger partial charge is 0.493 e. The van der Waals surface area contributed by atoms with Crippen molar-refractivity contribution in [1.29, 1.82) is 0 Å². The van der Waals surface area contributed by atoms with E-state index < -0.39 is 10.8 Å². The van der Waals surface area contributed by atoms with Crippen molar-refractivity contribution in [2.75, 3.05) is 11.9 Å². The number of hydrogen-bond acceptors (Lipinski definition) is 5. The summed E-state index contributed by atoms with van der Waals surface area (Å²) in [6.45, 7) is 0.520. The van der Waals surface area contributed by atoms with E-state index in [4.69, 9.17) is 17.0 Å². The Kier molecular flexibility index (Phi) is 7.07. The lowest BCUT2D eigenvalue weighted by molar-refractivity contribution is -0.385. The number of nitrogens with zero attached hydrogens (tertiary/aromatic N) is 1. The molecule has 0 aliphatic heterocycles. The first-order chi connectivity index (χ1) is 14.5.